The molecule has 2 rings (SSSR count). The molecule has 1 N–H and O–H groups in total. The maximum absolute atomic E-state index is 13.7. The minimum Gasteiger partial charge on any atom is -0.309 e. The molecule has 0 aliphatic heterocycles. The highest BCUT2D eigenvalue weighted by molar-refractivity contribution is 5.25. The van der Waals surface area contributed by atoms with E-state index < -0.39 is 0 Å². The maximum atomic E-state index is 13.7. The summed E-state index contributed by atoms with van der Waals surface area (Å²) in [5.41, 5.74) is 1.14. The summed E-state index contributed by atoms with van der Waals surface area (Å²) in [6.45, 7) is 5.36. The van der Waals surface area contributed by atoms with E-state index in [2.05, 4.69) is 44.2 Å². The van der Waals surface area contributed by atoms with Gasteiger partial charge in [-0.2, -0.15) is 0 Å². The van der Waals surface area contributed by atoms with E-state index in [1.807, 2.05) is 6.07 Å². The monoisotopic (exact) mass is 292 g/mol. The van der Waals surface area contributed by atoms with Gasteiger partial charge in [-0.1, -0.05) is 38.8 Å². The molecule has 1 aliphatic carbocycles. The van der Waals surface area contributed by atoms with Crippen LogP contribution in [0.15, 0.2) is 24.3 Å². The van der Waals surface area contributed by atoms with Crippen LogP contribution in [0.4, 0.5) is 4.39 Å². The van der Waals surface area contributed by atoms with Gasteiger partial charge in [0.2, 0.25) is 0 Å². The Labute approximate surface area is 128 Å². The van der Waals surface area contributed by atoms with Crippen LogP contribution in [0.5, 0.6) is 0 Å². The van der Waals surface area contributed by atoms with E-state index >= 15 is 0 Å². The van der Waals surface area contributed by atoms with E-state index in [1.165, 1.54) is 25.3 Å². The molecule has 1 aromatic carbocycles. The van der Waals surface area contributed by atoms with Crippen LogP contribution in [0.25, 0.3) is 0 Å². The molecular weight excluding hydrogens is 263 g/mol. The number of nitrogens with zero attached hydrogens (tertiary/aromatic N) is 1. The molecule has 1 fully saturated rings. The number of likely N-dealkylation sites (N-methyl/N-ethyl adjacent to an activating group) is 2. The second-order valence-corrected chi connectivity index (χ2v) is 6.75. The highest BCUT2D eigenvalue weighted by atomic mass is 19.1. The molecule has 0 spiro atoms. The van der Waals surface area contributed by atoms with Crippen molar-refractivity contribution in [1.82, 2.24) is 10.2 Å². The molecule has 3 heteroatoms. The predicted octanol–water partition coefficient (Wildman–Crippen LogP) is 3.99. The summed E-state index contributed by atoms with van der Waals surface area (Å²) in [4.78, 5) is 2.36. The summed E-state index contributed by atoms with van der Waals surface area (Å²) in [7, 11) is 4.34. The Bertz CT molecular complexity index is 460. The lowest BCUT2D eigenvalue weighted by molar-refractivity contribution is 0.0371. The number of hydrogen-bond donors (Lipinski definition) is 1. The van der Waals surface area contributed by atoms with E-state index in [1.54, 1.807) is 6.07 Å². The Morgan fingerprint density at radius 3 is 2.76 bits per heavy atom. The van der Waals surface area contributed by atoms with Crippen LogP contribution in [0.2, 0.25) is 0 Å². The van der Waals surface area contributed by atoms with Gasteiger partial charge in [-0.25, -0.2) is 4.39 Å². The Kier molecular flexibility index (Phi) is 5.39. The van der Waals surface area contributed by atoms with Gasteiger partial charge >= 0.3 is 0 Å². The third-order valence-corrected chi connectivity index (χ3v) is 5.03. The van der Waals surface area contributed by atoms with Crippen LogP contribution in [0.1, 0.15) is 51.1 Å². The Balaban J connectivity index is 2.41. The van der Waals surface area contributed by atoms with Crippen molar-refractivity contribution in [1.29, 1.82) is 0 Å². The zero-order valence-electron chi connectivity index (χ0n) is 13.8. The average molecular weight is 292 g/mol. The second kappa shape index (κ2) is 6.89. The predicted molar refractivity (Wildman–Crippen MR) is 86.9 cm³/mol. The number of benzene rings is 1. The molecule has 0 bridgehead atoms. The first-order valence-electron chi connectivity index (χ1n) is 8.16. The summed E-state index contributed by atoms with van der Waals surface area (Å²) in [6, 6.07) is 7.28. The largest absolute Gasteiger partial charge is 0.309 e. The normalized spacial score (nSPS) is 27.8. The van der Waals surface area contributed by atoms with Gasteiger partial charge < -0.3 is 10.2 Å². The topological polar surface area (TPSA) is 15.3 Å². The first kappa shape index (κ1) is 16.4. The van der Waals surface area contributed by atoms with E-state index in [0.29, 0.717) is 0 Å². The fraction of sp³-hybridized carbons (Fsp3) is 0.667. The Morgan fingerprint density at radius 2 is 2.19 bits per heavy atom. The number of rotatable bonds is 5. The van der Waals surface area contributed by atoms with Crippen molar-refractivity contribution in [2.24, 2.45) is 5.92 Å². The molecule has 0 amide bonds. The van der Waals surface area contributed by atoms with Crippen LogP contribution in [0.3, 0.4) is 0 Å². The zero-order valence-corrected chi connectivity index (χ0v) is 13.8. The lowest BCUT2D eigenvalue weighted by Gasteiger charge is -2.50. The van der Waals surface area contributed by atoms with Gasteiger partial charge in [0.15, 0.2) is 0 Å². The van der Waals surface area contributed by atoms with Crippen molar-refractivity contribution < 1.29 is 4.39 Å². The van der Waals surface area contributed by atoms with E-state index in [9.17, 15) is 4.39 Å². The van der Waals surface area contributed by atoms with Crippen LogP contribution >= 0.6 is 0 Å². The van der Waals surface area contributed by atoms with E-state index in [-0.39, 0.29) is 17.4 Å². The molecule has 1 saturated carbocycles. The molecular formula is C18H29FN2. The number of halogens is 1. The quantitative estimate of drug-likeness (QED) is 0.883. The summed E-state index contributed by atoms with van der Waals surface area (Å²) in [5.74, 6) is 0.573. The van der Waals surface area contributed by atoms with Crippen LogP contribution in [-0.2, 0) is 0 Å². The lowest BCUT2D eigenvalue weighted by atomic mass is 9.69. The molecule has 1 aliphatic rings. The molecule has 0 heterocycles. The van der Waals surface area contributed by atoms with Crippen molar-refractivity contribution in [2.45, 2.75) is 51.1 Å². The summed E-state index contributed by atoms with van der Waals surface area (Å²) >= 11 is 0. The second-order valence-electron chi connectivity index (χ2n) is 6.75. The standard InChI is InChI=1S/C18H29FN2/c1-5-20-17(15-9-6-10-16(19)12-15)18(21(3)4)11-7-8-14(2)13-18/h6,9-10,12,14,17,20H,5,7-8,11,13H2,1-4H3. The molecule has 0 aromatic heterocycles. The first-order valence-corrected chi connectivity index (χ1v) is 8.16. The molecule has 0 radical (unpaired) electrons. The third-order valence-electron chi connectivity index (χ3n) is 5.03. The SMILES string of the molecule is CCNC(c1cccc(F)c1)C1(N(C)C)CCCC(C)C1. The summed E-state index contributed by atoms with van der Waals surface area (Å²) in [6.07, 6.45) is 4.88. The van der Waals surface area contributed by atoms with Gasteiger partial charge in [0, 0.05) is 5.54 Å². The first-order chi connectivity index (χ1) is 9.99. The van der Waals surface area contributed by atoms with Gasteiger partial charge in [-0.05, 0) is 57.1 Å². The van der Waals surface area contributed by atoms with Gasteiger partial charge in [-0.3, -0.25) is 0 Å². The Morgan fingerprint density at radius 1 is 1.43 bits per heavy atom. The third kappa shape index (κ3) is 3.46. The van der Waals surface area contributed by atoms with E-state index in [4.69, 9.17) is 0 Å². The summed E-state index contributed by atoms with van der Waals surface area (Å²) < 4.78 is 13.7. The fourth-order valence-corrected chi connectivity index (χ4v) is 4.00. The lowest BCUT2D eigenvalue weighted by Crippen LogP contribution is -2.56. The minimum atomic E-state index is -0.145. The molecule has 118 valence electrons. The fourth-order valence-electron chi connectivity index (χ4n) is 4.00. The molecule has 3 unspecified atom stereocenters. The smallest absolute Gasteiger partial charge is 0.123 e. The van der Waals surface area contributed by atoms with E-state index in [0.717, 1.165) is 24.4 Å². The van der Waals surface area contributed by atoms with Gasteiger partial charge in [0.25, 0.3) is 0 Å². The van der Waals surface area contributed by atoms with Crippen molar-refractivity contribution in [3.63, 3.8) is 0 Å². The van der Waals surface area contributed by atoms with Gasteiger partial charge in [-0.15, -0.1) is 0 Å². The van der Waals surface area contributed by atoms with Crippen LogP contribution in [0, 0.1) is 11.7 Å². The van der Waals surface area contributed by atoms with Crippen molar-refractivity contribution >= 4 is 0 Å². The number of hydrogen-bond acceptors (Lipinski definition) is 2. The van der Waals surface area contributed by atoms with Crippen LogP contribution in [-0.4, -0.2) is 31.1 Å². The number of nitrogens with one attached hydrogen (secondary N) is 1. The van der Waals surface area contributed by atoms with Gasteiger partial charge in [0.1, 0.15) is 5.82 Å². The highest BCUT2D eigenvalue weighted by Crippen LogP contribution is 2.44. The van der Waals surface area contributed by atoms with Crippen molar-refractivity contribution in [3.8, 4) is 0 Å². The highest BCUT2D eigenvalue weighted by Gasteiger charge is 2.44. The average Bonchev–Trinajstić information content (AvgIpc) is 2.44. The van der Waals surface area contributed by atoms with Crippen molar-refractivity contribution in [3.05, 3.63) is 35.6 Å². The minimum absolute atomic E-state index is 0.0709. The molecule has 2 nitrogen and oxygen atoms in total. The molecule has 3 atom stereocenters. The van der Waals surface area contributed by atoms with Crippen LogP contribution < -0.4 is 5.32 Å². The molecule has 1 aromatic rings. The maximum Gasteiger partial charge on any atom is 0.123 e. The summed E-state index contributed by atoms with van der Waals surface area (Å²) in [5, 5.41) is 3.63. The zero-order chi connectivity index (χ0) is 15.5. The van der Waals surface area contributed by atoms with Crippen molar-refractivity contribution in [2.75, 3.05) is 20.6 Å². The van der Waals surface area contributed by atoms with Gasteiger partial charge in [0.05, 0.1) is 6.04 Å². The molecule has 0 saturated heterocycles. The molecule has 21 heavy (non-hydrogen) atoms. The Hall–Kier alpha value is -0.930.